The highest BCUT2D eigenvalue weighted by molar-refractivity contribution is 5.69. The number of ether oxygens (including phenoxy) is 2. The molecule has 0 saturated heterocycles. The molecule has 0 fully saturated rings. The summed E-state index contributed by atoms with van der Waals surface area (Å²) in [6.45, 7) is 7.19. The summed E-state index contributed by atoms with van der Waals surface area (Å²) in [5.74, 6) is -0.617. The number of fused-ring (bicyclic) bond motifs is 1. The molecule has 1 aromatic carbocycles. The predicted octanol–water partition coefficient (Wildman–Crippen LogP) is 4.80. The second kappa shape index (κ2) is 6.63. The van der Waals surface area contributed by atoms with Crippen molar-refractivity contribution in [3.8, 4) is 5.75 Å². The van der Waals surface area contributed by atoms with Crippen LogP contribution in [0.15, 0.2) is 12.1 Å². The van der Waals surface area contributed by atoms with E-state index in [9.17, 15) is 22.4 Å². The van der Waals surface area contributed by atoms with Gasteiger partial charge in [-0.25, -0.2) is 9.18 Å². The van der Waals surface area contributed by atoms with Crippen molar-refractivity contribution < 1.29 is 31.8 Å². The first kappa shape index (κ1) is 20.3. The summed E-state index contributed by atoms with van der Waals surface area (Å²) >= 11 is 0. The molecular weight excluding hydrogens is 354 g/mol. The van der Waals surface area contributed by atoms with Gasteiger partial charge in [-0.3, -0.25) is 0 Å². The number of hydrogen-bond acceptors (Lipinski definition) is 3. The van der Waals surface area contributed by atoms with Crippen LogP contribution in [0.3, 0.4) is 0 Å². The maximum Gasteiger partial charge on any atom is 0.422 e. The molecule has 1 aliphatic rings. The van der Waals surface area contributed by atoms with Gasteiger partial charge in [0.05, 0.1) is 6.54 Å². The lowest BCUT2D eigenvalue weighted by atomic mass is 9.77. The van der Waals surface area contributed by atoms with Crippen molar-refractivity contribution >= 4 is 6.09 Å². The molecule has 0 spiro atoms. The quantitative estimate of drug-likeness (QED) is 0.696. The van der Waals surface area contributed by atoms with Gasteiger partial charge in [0.15, 0.2) is 6.61 Å². The molecule has 0 atom stereocenters. The third-order valence-electron chi connectivity index (χ3n) is 3.87. The Morgan fingerprint density at radius 2 is 1.85 bits per heavy atom. The number of benzene rings is 1. The fourth-order valence-corrected chi connectivity index (χ4v) is 3.04. The van der Waals surface area contributed by atoms with Gasteiger partial charge in [-0.2, -0.15) is 13.2 Å². The van der Waals surface area contributed by atoms with Crippen LogP contribution in [-0.4, -0.2) is 35.9 Å². The van der Waals surface area contributed by atoms with Crippen molar-refractivity contribution in [1.29, 1.82) is 0 Å². The van der Waals surface area contributed by atoms with Crippen molar-refractivity contribution in [2.45, 2.75) is 58.4 Å². The van der Waals surface area contributed by atoms with Crippen LogP contribution in [0.5, 0.6) is 5.75 Å². The van der Waals surface area contributed by atoms with Gasteiger partial charge in [-0.15, -0.1) is 0 Å². The van der Waals surface area contributed by atoms with E-state index in [1.807, 2.05) is 0 Å². The molecule has 0 N–H and O–H groups in total. The Morgan fingerprint density at radius 1 is 1.23 bits per heavy atom. The summed E-state index contributed by atoms with van der Waals surface area (Å²) in [5.41, 5.74) is -1.04. The molecule has 0 bridgehead atoms. The van der Waals surface area contributed by atoms with Crippen LogP contribution in [0.1, 0.15) is 45.7 Å². The highest BCUT2D eigenvalue weighted by Crippen LogP contribution is 2.40. The number of hydrogen-bond donors (Lipinski definition) is 0. The van der Waals surface area contributed by atoms with Crippen molar-refractivity contribution in [2.24, 2.45) is 0 Å². The van der Waals surface area contributed by atoms with Crippen LogP contribution in [0.4, 0.5) is 22.4 Å². The van der Waals surface area contributed by atoms with Crippen molar-refractivity contribution in [3.05, 3.63) is 29.1 Å². The summed E-state index contributed by atoms with van der Waals surface area (Å²) in [5, 5.41) is 0. The molecule has 1 aliphatic heterocycles. The van der Waals surface area contributed by atoms with Crippen LogP contribution in [0, 0.1) is 5.82 Å². The molecule has 0 aromatic heterocycles. The Morgan fingerprint density at radius 3 is 2.38 bits per heavy atom. The monoisotopic (exact) mass is 377 g/mol. The summed E-state index contributed by atoms with van der Waals surface area (Å²) in [4.78, 5) is 13.8. The van der Waals surface area contributed by atoms with Crippen LogP contribution in [0.2, 0.25) is 0 Å². The number of carbonyl (C=O) groups is 1. The molecule has 0 unspecified atom stereocenters. The first-order valence-electron chi connectivity index (χ1n) is 8.19. The maximum absolute atomic E-state index is 14.4. The van der Waals surface area contributed by atoms with E-state index in [0.717, 1.165) is 12.1 Å². The van der Waals surface area contributed by atoms with Crippen LogP contribution in [-0.2, 0) is 16.7 Å². The highest BCUT2D eigenvalue weighted by Gasteiger charge is 2.40. The van der Waals surface area contributed by atoms with Crippen molar-refractivity contribution in [2.75, 3.05) is 13.2 Å². The minimum atomic E-state index is -4.52. The van der Waals surface area contributed by atoms with Gasteiger partial charge in [0, 0.05) is 23.1 Å². The first-order chi connectivity index (χ1) is 11.7. The predicted molar refractivity (Wildman–Crippen MR) is 87.6 cm³/mol. The standard InChI is InChI=1S/C18H23F4NO3/c1-16(2,3)26-15(24)23-8-11-13(25-10-18(20,21)22)7-6-12(19)14(11)17(4,5)9-23/h6-7H,8-10H2,1-5H3. The lowest BCUT2D eigenvalue weighted by molar-refractivity contribution is -0.153. The molecule has 4 nitrogen and oxygen atoms in total. The molecular formula is C18H23F4NO3. The Bertz CT molecular complexity index is 693. The smallest absolute Gasteiger partial charge is 0.422 e. The van der Waals surface area contributed by atoms with E-state index in [1.165, 1.54) is 4.90 Å². The van der Waals surface area contributed by atoms with Gasteiger partial charge in [0.2, 0.25) is 0 Å². The second-order valence-electron chi connectivity index (χ2n) is 8.02. The fraction of sp³-hybridized carbons (Fsp3) is 0.611. The van der Waals surface area contributed by atoms with E-state index >= 15 is 0 Å². The second-order valence-corrected chi connectivity index (χ2v) is 8.02. The van der Waals surface area contributed by atoms with Crippen LogP contribution >= 0.6 is 0 Å². The molecule has 0 saturated carbocycles. The molecule has 1 heterocycles. The topological polar surface area (TPSA) is 38.8 Å². The lowest BCUT2D eigenvalue weighted by Gasteiger charge is -2.40. The van der Waals surface area contributed by atoms with E-state index < -0.39 is 35.7 Å². The zero-order valence-corrected chi connectivity index (χ0v) is 15.5. The summed E-state index contributed by atoms with van der Waals surface area (Å²) < 4.78 is 62.2. The highest BCUT2D eigenvalue weighted by atomic mass is 19.4. The van der Waals surface area contributed by atoms with Gasteiger partial charge in [0.25, 0.3) is 0 Å². The molecule has 2 rings (SSSR count). The zero-order chi connectivity index (χ0) is 19.9. The molecule has 26 heavy (non-hydrogen) atoms. The Kier molecular flexibility index (Phi) is 5.18. The summed E-state index contributed by atoms with van der Waals surface area (Å²) in [6.07, 6.45) is -5.13. The molecule has 146 valence electrons. The van der Waals surface area contributed by atoms with E-state index in [4.69, 9.17) is 9.47 Å². The number of halogens is 4. The van der Waals surface area contributed by atoms with Crippen LogP contribution in [0.25, 0.3) is 0 Å². The van der Waals surface area contributed by atoms with Crippen molar-refractivity contribution in [1.82, 2.24) is 4.90 Å². The normalized spacial score (nSPS) is 16.9. The number of rotatable bonds is 2. The third kappa shape index (κ3) is 4.80. The van der Waals surface area contributed by atoms with E-state index in [-0.39, 0.29) is 30.0 Å². The summed E-state index contributed by atoms with van der Waals surface area (Å²) in [7, 11) is 0. The first-order valence-corrected chi connectivity index (χ1v) is 8.19. The summed E-state index contributed by atoms with van der Waals surface area (Å²) in [6, 6.07) is 2.25. The molecule has 1 amide bonds. The number of carbonyl (C=O) groups excluding carboxylic acids is 1. The van der Waals surface area contributed by atoms with Gasteiger partial charge in [-0.1, -0.05) is 13.8 Å². The van der Waals surface area contributed by atoms with E-state index in [1.54, 1.807) is 34.6 Å². The van der Waals surface area contributed by atoms with Crippen molar-refractivity contribution in [3.63, 3.8) is 0 Å². The SMILES string of the molecule is CC(C)(C)OC(=O)N1Cc2c(OCC(F)(F)F)ccc(F)c2C(C)(C)C1. The fourth-order valence-electron chi connectivity index (χ4n) is 3.04. The zero-order valence-electron chi connectivity index (χ0n) is 15.5. The molecule has 0 aliphatic carbocycles. The van der Waals surface area contributed by atoms with E-state index in [2.05, 4.69) is 0 Å². The average Bonchev–Trinajstić information content (AvgIpc) is 2.42. The minimum Gasteiger partial charge on any atom is -0.484 e. The van der Waals surface area contributed by atoms with Gasteiger partial charge < -0.3 is 14.4 Å². The van der Waals surface area contributed by atoms with Gasteiger partial charge in [0.1, 0.15) is 17.2 Å². The lowest BCUT2D eigenvalue weighted by Crippen LogP contribution is -2.47. The molecule has 8 heteroatoms. The van der Waals surface area contributed by atoms with E-state index in [0.29, 0.717) is 0 Å². The van der Waals surface area contributed by atoms with Gasteiger partial charge in [-0.05, 0) is 32.9 Å². The Balaban J connectivity index is 2.39. The average molecular weight is 377 g/mol. The third-order valence-corrected chi connectivity index (χ3v) is 3.87. The largest absolute Gasteiger partial charge is 0.484 e. The Hall–Kier alpha value is -1.99. The maximum atomic E-state index is 14.4. The number of nitrogens with zero attached hydrogens (tertiary/aromatic N) is 1. The molecule has 1 aromatic rings. The van der Waals surface area contributed by atoms with Crippen LogP contribution < -0.4 is 4.74 Å². The molecule has 0 radical (unpaired) electrons. The minimum absolute atomic E-state index is 0.0833. The number of amides is 1. The Labute approximate surface area is 150 Å². The number of alkyl halides is 3. The van der Waals surface area contributed by atoms with Gasteiger partial charge >= 0.3 is 12.3 Å².